The van der Waals surface area contributed by atoms with Crippen molar-refractivity contribution in [2.45, 2.75) is 30.5 Å². The monoisotopic (exact) mass is 307 g/mol. The topological polar surface area (TPSA) is 132 Å². The largest absolute Gasteiger partial charge is 0.394 e. The number of nitrogens with one attached hydrogen (secondary N) is 1. The number of aromatic nitrogens is 3. The van der Waals surface area contributed by atoms with Crippen molar-refractivity contribution < 1.29 is 25.2 Å². The number of hydrogen-bond acceptors (Lipinski definition) is 7. The van der Waals surface area contributed by atoms with Gasteiger partial charge in [-0.05, 0) is 0 Å². The number of ether oxygens (including phenoxy) is 1. The minimum Gasteiger partial charge on any atom is -0.394 e. The Morgan fingerprint density at radius 1 is 1.05 bits per heavy atom. The molecule has 22 heavy (non-hydrogen) atoms. The van der Waals surface area contributed by atoms with Crippen molar-refractivity contribution in [2.24, 2.45) is 0 Å². The number of nitrogens with zero attached hydrogens (tertiary/aromatic N) is 2. The molecule has 8 nitrogen and oxygen atoms in total. The summed E-state index contributed by atoms with van der Waals surface area (Å²) in [5, 5.41) is 45.5. The van der Waals surface area contributed by atoms with Gasteiger partial charge in [0.05, 0.1) is 6.61 Å². The number of aliphatic hydroxyl groups excluding tert-OH is 4. The van der Waals surface area contributed by atoms with Crippen molar-refractivity contribution in [1.82, 2.24) is 15.2 Å². The van der Waals surface area contributed by atoms with E-state index in [0.717, 1.165) is 5.56 Å². The predicted molar refractivity (Wildman–Crippen MR) is 74.5 cm³/mol. The van der Waals surface area contributed by atoms with E-state index in [1.54, 1.807) is 0 Å². The van der Waals surface area contributed by atoms with Crippen LogP contribution in [0, 0.1) is 0 Å². The van der Waals surface area contributed by atoms with Gasteiger partial charge in [0.1, 0.15) is 30.5 Å². The van der Waals surface area contributed by atoms with Crippen LogP contribution < -0.4 is 0 Å². The third-order valence-electron chi connectivity index (χ3n) is 3.70. The lowest BCUT2D eigenvalue weighted by Gasteiger charge is -2.38. The van der Waals surface area contributed by atoms with E-state index in [2.05, 4.69) is 15.2 Å². The molecule has 1 aromatic heterocycles. The molecule has 0 amide bonds. The van der Waals surface area contributed by atoms with Gasteiger partial charge in [-0.1, -0.05) is 30.3 Å². The summed E-state index contributed by atoms with van der Waals surface area (Å²) in [5.41, 5.74) is 0.787. The second-order valence-corrected chi connectivity index (χ2v) is 5.16. The fraction of sp³-hybridized carbons (Fsp3) is 0.429. The summed E-state index contributed by atoms with van der Waals surface area (Å²) in [4.78, 5) is 4.26. The van der Waals surface area contributed by atoms with Gasteiger partial charge >= 0.3 is 0 Å². The van der Waals surface area contributed by atoms with Crippen LogP contribution >= 0.6 is 0 Å². The summed E-state index contributed by atoms with van der Waals surface area (Å²) in [7, 11) is 0. The molecule has 0 spiro atoms. The Morgan fingerprint density at radius 3 is 2.45 bits per heavy atom. The quantitative estimate of drug-likeness (QED) is 0.490. The van der Waals surface area contributed by atoms with Crippen LogP contribution in [0.4, 0.5) is 0 Å². The van der Waals surface area contributed by atoms with Gasteiger partial charge in [-0.2, -0.15) is 5.10 Å². The molecule has 5 atom stereocenters. The maximum Gasteiger partial charge on any atom is 0.181 e. The average Bonchev–Trinajstić information content (AvgIpc) is 3.04. The van der Waals surface area contributed by atoms with Crippen LogP contribution in [0.5, 0.6) is 0 Å². The van der Waals surface area contributed by atoms with Crippen molar-refractivity contribution in [3.63, 3.8) is 0 Å². The zero-order valence-electron chi connectivity index (χ0n) is 11.6. The van der Waals surface area contributed by atoms with Crippen molar-refractivity contribution in [1.29, 1.82) is 0 Å². The van der Waals surface area contributed by atoms with E-state index in [1.165, 1.54) is 0 Å². The number of H-pyrrole nitrogens is 1. The molecule has 5 N–H and O–H groups in total. The predicted octanol–water partition coefficient (Wildman–Crippen LogP) is -1.01. The highest BCUT2D eigenvalue weighted by molar-refractivity contribution is 5.53. The Morgan fingerprint density at radius 2 is 1.77 bits per heavy atom. The first-order valence-corrected chi connectivity index (χ1v) is 6.90. The molecule has 0 radical (unpaired) electrons. The number of hydrogen-bond donors (Lipinski definition) is 5. The Hall–Kier alpha value is -1.84. The van der Waals surface area contributed by atoms with E-state index in [-0.39, 0.29) is 5.82 Å². The number of aromatic amines is 1. The van der Waals surface area contributed by atoms with Gasteiger partial charge < -0.3 is 25.2 Å². The van der Waals surface area contributed by atoms with Gasteiger partial charge in [-0.25, -0.2) is 4.98 Å². The summed E-state index contributed by atoms with van der Waals surface area (Å²) in [6, 6.07) is 9.23. The zero-order valence-corrected chi connectivity index (χ0v) is 11.6. The van der Waals surface area contributed by atoms with Gasteiger partial charge in [0, 0.05) is 5.56 Å². The molecule has 8 heteroatoms. The van der Waals surface area contributed by atoms with E-state index >= 15 is 0 Å². The molecule has 1 aromatic carbocycles. The molecule has 118 valence electrons. The molecular weight excluding hydrogens is 290 g/mol. The third kappa shape index (κ3) is 2.62. The van der Waals surface area contributed by atoms with E-state index in [1.807, 2.05) is 30.3 Å². The zero-order chi connectivity index (χ0) is 15.7. The molecule has 1 saturated heterocycles. The van der Waals surface area contributed by atoms with Crippen LogP contribution in [0.2, 0.25) is 0 Å². The Labute approximate surface area is 126 Å². The molecule has 1 fully saturated rings. The summed E-state index contributed by atoms with van der Waals surface area (Å²) in [6.45, 7) is -0.485. The number of aliphatic hydroxyl groups is 4. The van der Waals surface area contributed by atoms with Gasteiger partial charge in [0.15, 0.2) is 11.6 Å². The van der Waals surface area contributed by atoms with Crippen LogP contribution in [-0.4, -0.2) is 66.6 Å². The van der Waals surface area contributed by atoms with Crippen molar-refractivity contribution in [3.05, 3.63) is 36.2 Å². The lowest BCUT2D eigenvalue weighted by Crippen LogP contribution is -2.55. The first kappa shape index (κ1) is 15.1. The van der Waals surface area contributed by atoms with E-state index in [4.69, 9.17) is 4.74 Å². The summed E-state index contributed by atoms with van der Waals surface area (Å²) in [6.07, 6.45) is -6.21. The van der Waals surface area contributed by atoms with Gasteiger partial charge in [0.2, 0.25) is 0 Å². The average molecular weight is 307 g/mol. The molecule has 3 rings (SSSR count). The highest BCUT2D eigenvalue weighted by atomic mass is 16.5. The van der Waals surface area contributed by atoms with Crippen LogP contribution in [0.15, 0.2) is 30.3 Å². The van der Waals surface area contributed by atoms with Crippen molar-refractivity contribution in [3.8, 4) is 11.4 Å². The first-order valence-electron chi connectivity index (χ1n) is 6.90. The fourth-order valence-electron chi connectivity index (χ4n) is 2.45. The fourth-order valence-corrected chi connectivity index (χ4v) is 2.45. The molecule has 2 aromatic rings. The lowest BCUT2D eigenvalue weighted by atomic mass is 9.95. The molecule has 0 aliphatic carbocycles. The Balaban J connectivity index is 1.86. The Kier molecular flexibility index (Phi) is 4.19. The van der Waals surface area contributed by atoms with Crippen LogP contribution in [-0.2, 0) is 4.74 Å². The molecule has 0 bridgehead atoms. The molecule has 2 heterocycles. The molecule has 1 unspecified atom stereocenters. The molecule has 1 aliphatic rings. The third-order valence-corrected chi connectivity index (χ3v) is 3.70. The molecule has 0 saturated carbocycles. The van der Waals surface area contributed by atoms with Crippen molar-refractivity contribution >= 4 is 0 Å². The summed E-state index contributed by atoms with van der Waals surface area (Å²) >= 11 is 0. The minimum atomic E-state index is -1.44. The highest BCUT2D eigenvalue weighted by Crippen LogP contribution is 2.31. The normalized spacial score (nSPS) is 32.1. The van der Waals surface area contributed by atoms with E-state index in [0.29, 0.717) is 5.82 Å². The van der Waals surface area contributed by atoms with Crippen molar-refractivity contribution in [2.75, 3.05) is 6.61 Å². The van der Waals surface area contributed by atoms with Gasteiger partial charge in [-0.3, -0.25) is 5.10 Å². The van der Waals surface area contributed by atoms with Crippen LogP contribution in [0.1, 0.15) is 11.9 Å². The molecular formula is C14H17N3O5. The van der Waals surface area contributed by atoms with Crippen LogP contribution in [0.3, 0.4) is 0 Å². The molecule has 1 aliphatic heterocycles. The maximum atomic E-state index is 10.1. The number of rotatable bonds is 3. The SMILES string of the molecule is OC[C@H]1OC(c2nc(-c3ccccc3)n[nH]2)[C@H](O)[C@@H](O)[C@@H]1O. The van der Waals surface area contributed by atoms with Crippen LogP contribution in [0.25, 0.3) is 11.4 Å². The van der Waals surface area contributed by atoms with E-state index < -0.39 is 37.1 Å². The second-order valence-electron chi connectivity index (χ2n) is 5.16. The smallest absolute Gasteiger partial charge is 0.181 e. The van der Waals surface area contributed by atoms with Gasteiger partial charge in [-0.15, -0.1) is 0 Å². The lowest BCUT2D eigenvalue weighted by molar-refractivity contribution is -0.233. The summed E-state index contributed by atoms with van der Waals surface area (Å²) in [5.74, 6) is 0.642. The first-order chi connectivity index (χ1) is 10.6. The second kappa shape index (κ2) is 6.11. The maximum absolute atomic E-state index is 10.1. The summed E-state index contributed by atoms with van der Waals surface area (Å²) < 4.78 is 5.42. The van der Waals surface area contributed by atoms with Gasteiger partial charge in [0.25, 0.3) is 0 Å². The highest BCUT2D eigenvalue weighted by Gasteiger charge is 2.45. The Bertz CT molecular complexity index is 618. The minimum absolute atomic E-state index is 0.218. The van der Waals surface area contributed by atoms with E-state index in [9.17, 15) is 20.4 Å². The standard InChI is InChI=1S/C14H17N3O5/c18-6-8-9(19)10(20)11(21)12(22-8)14-15-13(16-17-14)7-4-2-1-3-5-7/h1-5,8-12,18-21H,6H2,(H,15,16,17)/t8-,9-,10+,11-,12?/m1/s1. The number of benzene rings is 1.